The average molecular weight is 760 g/mol. The molecule has 1 amide bonds. The number of rotatable bonds is 41. The molecule has 3 N–H and O–H groups in total. The van der Waals surface area contributed by atoms with Gasteiger partial charge in [-0.2, -0.15) is 0 Å². The van der Waals surface area contributed by atoms with E-state index in [0.29, 0.717) is 19.3 Å². The van der Waals surface area contributed by atoms with Crippen molar-refractivity contribution >= 4 is 11.9 Å². The molecule has 0 heterocycles. The zero-order chi connectivity index (χ0) is 39.6. The number of aliphatic hydroxyl groups excluding tert-OH is 2. The van der Waals surface area contributed by atoms with Crippen molar-refractivity contribution in [2.24, 2.45) is 0 Å². The Morgan fingerprint density at radius 3 is 1.46 bits per heavy atom. The third kappa shape index (κ3) is 37.0. The molecule has 3 atom stereocenters. The fourth-order valence-corrected chi connectivity index (χ4v) is 6.88. The van der Waals surface area contributed by atoms with Crippen LogP contribution in [0.3, 0.4) is 0 Å². The molecule has 0 aliphatic heterocycles. The fraction of sp³-hybridized carbons (Fsp3) is 0.833. The van der Waals surface area contributed by atoms with Gasteiger partial charge in [0.05, 0.1) is 25.2 Å². The second-order valence-corrected chi connectivity index (χ2v) is 15.8. The Morgan fingerprint density at radius 1 is 0.537 bits per heavy atom. The molecular formula is C48H89NO5. The van der Waals surface area contributed by atoms with Crippen LogP contribution in [0.1, 0.15) is 233 Å². The third-order valence-corrected chi connectivity index (χ3v) is 10.5. The van der Waals surface area contributed by atoms with E-state index >= 15 is 0 Å². The summed E-state index contributed by atoms with van der Waals surface area (Å²) >= 11 is 0. The number of aliphatic hydroxyl groups is 2. The smallest absolute Gasteiger partial charge is 0.306 e. The molecule has 0 radical (unpaired) electrons. The van der Waals surface area contributed by atoms with Gasteiger partial charge in [-0.25, -0.2) is 0 Å². The van der Waals surface area contributed by atoms with Gasteiger partial charge >= 0.3 is 5.97 Å². The molecule has 0 fully saturated rings. The van der Waals surface area contributed by atoms with Gasteiger partial charge in [0.15, 0.2) is 0 Å². The maximum Gasteiger partial charge on any atom is 0.306 e. The highest BCUT2D eigenvalue weighted by Crippen LogP contribution is 2.17. The second kappa shape index (κ2) is 42.2. The highest BCUT2D eigenvalue weighted by atomic mass is 16.5. The molecular weight excluding hydrogens is 671 g/mol. The summed E-state index contributed by atoms with van der Waals surface area (Å²) < 4.78 is 5.89. The standard InChI is InChI=1S/C48H89NO5/c1-4-7-10-13-16-19-22-24-25-27-30-33-36-39-44(54-48(53)41-38-35-32-29-26-23-20-17-14-11-8-5-2)42-47(52)49-45(43-50)46(51)40-37-34-31-28-21-18-15-12-9-6-3/h16-17,19-20,22,24,44-46,50-51H,4-15,18,21,23,25-43H2,1-3H3,(H,49,52)/b19-16+,20-17-,24-22+. The molecule has 0 saturated heterocycles. The lowest BCUT2D eigenvalue weighted by Gasteiger charge is -2.24. The van der Waals surface area contributed by atoms with Crippen LogP contribution in [-0.2, 0) is 14.3 Å². The Labute approximate surface area is 334 Å². The van der Waals surface area contributed by atoms with E-state index < -0.39 is 18.2 Å². The van der Waals surface area contributed by atoms with E-state index in [1.807, 2.05) is 0 Å². The minimum atomic E-state index is -0.790. The van der Waals surface area contributed by atoms with E-state index in [4.69, 9.17) is 4.74 Å². The summed E-state index contributed by atoms with van der Waals surface area (Å²) in [5, 5.41) is 23.6. The van der Waals surface area contributed by atoms with Gasteiger partial charge < -0.3 is 20.3 Å². The Bertz CT molecular complexity index is 900. The summed E-state index contributed by atoms with van der Waals surface area (Å²) in [7, 11) is 0. The number of carbonyl (C=O) groups is 2. The molecule has 0 saturated carbocycles. The molecule has 0 rings (SSSR count). The number of nitrogens with one attached hydrogen (secondary N) is 1. The van der Waals surface area contributed by atoms with Crippen molar-refractivity contribution in [3.05, 3.63) is 36.5 Å². The van der Waals surface area contributed by atoms with Crippen molar-refractivity contribution in [1.82, 2.24) is 5.32 Å². The molecule has 6 nitrogen and oxygen atoms in total. The van der Waals surface area contributed by atoms with Gasteiger partial charge in [-0.15, -0.1) is 0 Å². The number of allylic oxidation sites excluding steroid dienone is 6. The van der Waals surface area contributed by atoms with Gasteiger partial charge in [-0.1, -0.05) is 179 Å². The number of ether oxygens (including phenoxy) is 1. The number of hydrogen-bond donors (Lipinski definition) is 3. The van der Waals surface area contributed by atoms with Crippen LogP contribution in [0.15, 0.2) is 36.5 Å². The lowest BCUT2D eigenvalue weighted by molar-refractivity contribution is -0.151. The summed E-state index contributed by atoms with van der Waals surface area (Å²) in [4.78, 5) is 26.0. The van der Waals surface area contributed by atoms with Crippen molar-refractivity contribution in [2.75, 3.05) is 6.61 Å². The van der Waals surface area contributed by atoms with Crippen LogP contribution in [0.5, 0.6) is 0 Å². The third-order valence-electron chi connectivity index (χ3n) is 10.5. The summed E-state index contributed by atoms with van der Waals surface area (Å²) in [5.74, 6) is -0.503. The topological polar surface area (TPSA) is 95.9 Å². The minimum absolute atomic E-state index is 0.0620. The van der Waals surface area contributed by atoms with Crippen molar-refractivity contribution in [3.63, 3.8) is 0 Å². The normalized spacial score (nSPS) is 13.6. The molecule has 3 unspecified atom stereocenters. The first-order valence-electron chi connectivity index (χ1n) is 23.2. The van der Waals surface area contributed by atoms with Crippen molar-refractivity contribution in [1.29, 1.82) is 0 Å². The predicted molar refractivity (Wildman–Crippen MR) is 232 cm³/mol. The maximum absolute atomic E-state index is 13.1. The zero-order valence-electron chi connectivity index (χ0n) is 35.9. The van der Waals surface area contributed by atoms with E-state index in [0.717, 1.165) is 83.5 Å². The predicted octanol–water partition coefficient (Wildman–Crippen LogP) is 13.3. The van der Waals surface area contributed by atoms with Crippen LogP contribution in [-0.4, -0.2) is 46.9 Å². The molecule has 0 aliphatic rings. The molecule has 54 heavy (non-hydrogen) atoms. The van der Waals surface area contributed by atoms with E-state index in [-0.39, 0.29) is 24.9 Å². The minimum Gasteiger partial charge on any atom is -0.462 e. The molecule has 0 aromatic heterocycles. The van der Waals surface area contributed by atoms with E-state index in [2.05, 4.69) is 62.5 Å². The summed E-state index contributed by atoms with van der Waals surface area (Å²) in [6.07, 6.45) is 47.7. The van der Waals surface area contributed by atoms with Gasteiger partial charge in [-0.05, 0) is 77.0 Å². The van der Waals surface area contributed by atoms with Crippen LogP contribution in [0, 0.1) is 0 Å². The van der Waals surface area contributed by atoms with E-state index in [9.17, 15) is 19.8 Å². The van der Waals surface area contributed by atoms with Gasteiger partial charge in [0.25, 0.3) is 0 Å². The van der Waals surface area contributed by atoms with Gasteiger partial charge in [0, 0.05) is 6.42 Å². The SMILES string of the molecule is CCCCC/C=C\CCCCCCCC(=O)OC(CCCCCC/C=C/C=C/CCCCC)CC(=O)NC(CO)C(O)CCCCCCCCCCCC. The Morgan fingerprint density at radius 2 is 0.944 bits per heavy atom. The first-order valence-corrected chi connectivity index (χ1v) is 23.2. The van der Waals surface area contributed by atoms with Crippen LogP contribution in [0.25, 0.3) is 0 Å². The van der Waals surface area contributed by atoms with Crippen molar-refractivity contribution in [3.8, 4) is 0 Å². The average Bonchev–Trinajstić information content (AvgIpc) is 3.16. The number of amides is 1. The van der Waals surface area contributed by atoms with Gasteiger partial charge in [0.1, 0.15) is 6.10 Å². The van der Waals surface area contributed by atoms with Crippen LogP contribution in [0.2, 0.25) is 0 Å². The van der Waals surface area contributed by atoms with Gasteiger partial charge in [0.2, 0.25) is 5.91 Å². The molecule has 0 spiro atoms. The quantitative estimate of drug-likeness (QED) is 0.0250. The van der Waals surface area contributed by atoms with Crippen LogP contribution in [0.4, 0.5) is 0 Å². The van der Waals surface area contributed by atoms with Crippen molar-refractivity contribution in [2.45, 2.75) is 251 Å². The summed E-state index contributed by atoms with van der Waals surface area (Å²) in [6.45, 7) is 6.40. The first-order chi connectivity index (χ1) is 26.5. The lowest BCUT2D eigenvalue weighted by Crippen LogP contribution is -2.46. The number of esters is 1. The summed E-state index contributed by atoms with van der Waals surface area (Å²) in [5.41, 5.74) is 0. The molecule has 0 aromatic rings. The molecule has 0 aromatic carbocycles. The number of carbonyl (C=O) groups excluding carboxylic acids is 2. The van der Waals surface area contributed by atoms with Crippen molar-refractivity contribution < 1.29 is 24.5 Å². The van der Waals surface area contributed by atoms with Crippen LogP contribution < -0.4 is 5.32 Å². The Kier molecular flexibility index (Phi) is 40.7. The molecule has 0 bridgehead atoms. The molecule has 0 aliphatic carbocycles. The number of hydrogen-bond acceptors (Lipinski definition) is 5. The number of unbranched alkanes of at least 4 members (excludes halogenated alkanes) is 24. The zero-order valence-corrected chi connectivity index (χ0v) is 35.9. The largest absolute Gasteiger partial charge is 0.462 e. The first kappa shape index (κ1) is 52.1. The second-order valence-electron chi connectivity index (χ2n) is 15.8. The highest BCUT2D eigenvalue weighted by Gasteiger charge is 2.24. The monoisotopic (exact) mass is 760 g/mol. The maximum atomic E-state index is 13.1. The lowest BCUT2D eigenvalue weighted by atomic mass is 10.0. The fourth-order valence-electron chi connectivity index (χ4n) is 6.88. The van der Waals surface area contributed by atoms with Crippen LogP contribution >= 0.6 is 0 Å². The summed E-state index contributed by atoms with van der Waals surface area (Å²) in [6, 6.07) is -0.705. The Balaban J connectivity index is 4.65. The van der Waals surface area contributed by atoms with E-state index in [1.54, 1.807) is 0 Å². The van der Waals surface area contributed by atoms with E-state index in [1.165, 1.54) is 103 Å². The molecule has 316 valence electrons. The van der Waals surface area contributed by atoms with Gasteiger partial charge in [-0.3, -0.25) is 9.59 Å². The Hall–Kier alpha value is -1.92. The molecule has 6 heteroatoms. The highest BCUT2D eigenvalue weighted by molar-refractivity contribution is 5.77.